The van der Waals surface area contributed by atoms with Crippen molar-refractivity contribution in [2.24, 2.45) is 0 Å². The zero-order valence-corrected chi connectivity index (χ0v) is 12.8. The van der Waals surface area contributed by atoms with E-state index in [1.807, 2.05) is 7.05 Å². The number of likely N-dealkylation sites (N-methyl/N-ethyl adjacent to an activating group) is 1. The third kappa shape index (κ3) is 6.76. The predicted molar refractivity (Wildman–Crippen MR) is 78.6 cm³/mol. The number of amides is 3. The van der Waals surface area contributed by atoms with Crippen LogP contribution in [0.5, 0.6) is 0 Å². The van der Waals surface area contributed by atoms with Gasteiger partial charge in [-0.15, -0.1) is 0 Å². The number of nitrogens with zero attached hydrogens (tertiary/aromatic N) is 2. The van der Waals surface area contributed by atoms with Gasteiger partial charge in [-0.3, -0.25) is 9.59 Å². The minimum atomic E-state index is -0.378. The average molecular weight is 302 g/mol. The summed E-state index contributed by atoms with van der Waals surface area (Å²) in [6.07, 6.45) is 0. The van der Waals surface area contributed by atoms with E-state index in [0.717, 1.165) is 24.9 Å². The van der Waals surface area contributed by atoms with E-state index in [9.17, 15) is 14.4 Å². The van der Waals surface area contributed by atoms with E-state index in [4.69, 9.17) is 0 Å². The highest BCUT2D eigenvalue weighted by molar-refractivity contribution is 8.13. The van der Waals surface area contributed by atoms with Crippen LogP contribution < -0.4 is 10.6 Å². The molecule has 0 atom stereocenters. The molecule has 20 heavy (non-hydrogen) atoms. The van der Waals surface area contributed by atoms with Gasteiger partial charge in [0.2, 0.25) is 5.91 Å². The first-order valence-corrected chi connectivity index (χ1v) is 7.59. The van der Waals surface area contributed by atoms with Crippen molar-refractivity contribution in [3.63, 3.8) is 0 Å². The number of carbonyl (C=O) groups excluding carboxylic acids is 3. The summed E-state index contributed by atoms with van der Waals surface area (Å²) in [5.41, 5.74) is 0. The molecule has 0 aromatic carbocycles. The van der Waals surface area contributed by atoms with Crippen molar-refractivity contribution in [1.82, 2.24) is 20.4 Å². The van der Waals surface area contributed by atoms with Crippen LogP contribution in [0.2, 0.25) is 0 Å². The van der Waals surface area contributed by atoms with Gasteiger partial charge in [-0.2, -0.15) is 0 Å². The highest BCUT2D eigenvalue weighted by Gasteiger charge is 2.18. The lowest BCUT2D eigenvalue weighted by atomic mass is 10.3. The van der Waals surface area contributed by atoms with Crippen LogP contribution in [0.15, 0.2) is 0 Å². The van der Waals surface area contributed by atoms with Crippen molar-refractivity contribution in [3.8, 4) is 0 Å². The average Bonchev–Trinajstić information content (AvgIpc) is 2.41. The molecule has 8 heteroatoms. The van der Waals surface area contributed by atoms with E-state index in [1.54, 1.807) is 4.90 Å². The summed E-state index contributed by atoms with van der Waals surface area (Å²) in [6, 6.07) is -0.378. The van der Waals surface area contributed by atoms with Crippen LogP contribution in [-0.2, 0) is 9.59 Å². The van der Waals surface area contributed by atoms with Gasteiger partial charge in [-0.25, -0.2) is 4.79 Å². The fourth-order valence-corrected chi connectivity index (χ4v) is 2.24. The molecular formula is C12H22N4O3S. The molecule has 1 fully saturated rings. The molecule has 1 heterocycles. The predicted octanol–water partition coefficient (Wildman–Crippen LogP) is -0.661. The Balaban J connectivity index is 2.11. The fraction of sp³-hybridized carbons (Fsp3) is 0.750. The van der Waals surface area contributed by atoms with Crippen LogP contribution in [0.4, 0.5) is 4.79 Å². The molecule has 0 radical (unpaired) electrons. The summed E-state index contributed by atoms with van der Waals surface area (Å²) >= 11 is 1.16. The van der Waals surface area contributed by atoms with E-state index in [2.05, 4.69) is 15.5 Å². The molecule has 1 aliphatic rings. The zero-order valence-electron chi connectivity index (χ0n) is 12.0. The number of thioether (sulfide) groups is 1. The number of rotatable bonds is 5. The minimum Gasteiger partial charge on any atom is -0.339 e. The zero-order chi connectivity index (χ0) is 15.0. The maximum absolute atomic E-state index is 11.8. The minimum absolute atomic E-state index is 0.00932. The third-order valence-electron chi connectivity index (χ3n) is 2.95. The molecule has 1 rings (SSSR count). The quantitative estimate of drug-likeness (QED) is 0.659. The molecule has 0 aromatic heterocycles. The van der Waals surface area contributed by atoms with Crippen molar-refractivity contribution < 1.29 is 14.4 Å². The standard InChI is InChI=1S/C12H22N4O3S/c1-10(17)20-8-3-13-12(19)14-9-11(18)16-6-4-15(2)5-7-16/h3-9H2,1-2H3,(H2,13,14,19). The summed E-state index contributed by atoms with van der Waals surface area (Å²) in [6.45, 7) is 5.02. The highest BCUT2D eigenvalue weighted by atomic mass is 32.2. The summed E-state index contributed by atoms with van der Waals surface area (Å²) in [7, 11) is 2.02. The van der Waals surface area contributed by atoms with Gasteiger partial charge >= 0.3 is 6.03 Å². The van der Waals surface area contributed by atoms with Gasteiger partial charge in [0.05, 0.1) is 6.54 Å². The van der Waals surface area contributed by atoms with Crippen LogP contribution in [0, 0.1) is 0 Å². The topological polar surface area (TPSA) is 81.8 Å². The molecule has 1 saturated heterocycles. The normalized spacial score (nSPS) is 15.8. The van der Waals surface area contributed by atoms with Gasteiger partial charge in [0.25, 0.3) is 0 Å². The first kappa shape index (κ1) is 16.8. The molecule has 114 valence electrons. The smallest absolute Gasteiger partial charge is 0.315 e. The summed E-state index contributed by atoms with van der Waals surface area (Å²) in [5, 5.41) is 5.16. The Kier molecular flexibility index (Phi) is 7.38. The van der Waals surface area contributed by atoms with E-state index in [1.165, 1.54) is 6.92 Å². The molecule has 1 aliphatic heterocycles. The molecule has 0 aliphatic carbocycles. The van der Waals surface area contributed by atoms with Crippen LogP contribution in [-0.4, -0.2) is 78.9 Å². The summed E-state index contributed by atoms with van der Waals surface area (Å²) < 4.78 is 0. The van der Waals surface area contributed by atoms with Crippen LogP contribution >= 0.6 is 11.8 Å². The molecule has 0 unspecified atom stereocenters. The van der Waals surface area contributed by atoms with Crippen LogP contribution in [0.3, 0.4) is 0 Å². The van der Waals surface area contributed by atoms with E-state index >= 15 is 0 Å². The molecule has 0 aromatic rings. The van der Waals surface area contributed by atoms with Gasteiger partial charge in [-0.1, -0.05) is 11.8 Å². The number of nitrogens with one attached hydrogen (secondary N) is 2. The fourth-order valence-electron chi connectivity index (χ4n) is 1.75. The Morgan fingerprint density at radius 3 is 2.35 bits per heavy atom. The SMILES string of the molecule is CC(=O)SCCNC(=O)NCC(=O)N1CCN(C)CC1. The monoisotopic (exact) mass is 302 g/mol. The van der Waals surface area contributed by atoms with E-state index in [0.29, 0.717) is 25.4 Å². The lowest BCUT2D eigenvalue weighted by Gasteiger charge is -2.32. The van der Waals surface area contributed by atoms with Gasteiger partial charge in [0, 0.05) is 45.4 Å². The second-order valence-electron chi connectivity index (χ2n) is 4.63. The van der Waals surface area contributed by atoms with Gasteiger partial charge in [0.1, 0.15) is 0 Å². The third-order valence-corrected chi connectivity index (χ3v) is 3.76. The second kappa shape index (κ2) is 8.80. The molecule has 0 saturated carbocycles. The lowest BCUT2D eigenvalue weighted by molar-refractivity contribution is -0.131. The van der Waals surface area contributed by atoms with E-state index < -0.39 is 0 Å². The molecular weight excluding hydrogens is 280 g/mol. The highest BCUT2D eigenvalue weighted by Crippen LogP contribution is 1.99. The van der Waals surface area contributed by atoms with Gasteiger partial charge in [-0.05, 0) is 7.05 Å². The number of urea groups is 1. The van der Waals surface area contributed by atoms with Crippen LogP contribution in [0.25, 0.3) is 0 Å². The Hall–Kier alpha value is -1.28. The Morgan fingerprint density at radius 2 is 1.75 bits per heavy atom. The Labute approximate surface area is 123 Å². The first-order chi connectivity index (χ1) is 9.49. The van der Waals surface area contributed by atoms with Gasteiger partial charge < -0.3 is 20.4 Å². The summed E-state index contributed by atoms with van der Waals surface area (Å²) in [4.78, 5) is 37.9. The number of hydrogen-bond donors (Lipinski definition) is 2. The van der Waals surface area contributed by atoms with Crippen molar-refractivity contribution >= 4 is 28.8 Å². The Bertz CT molecular complexity index is 357. The molecule has 3 amide bonds. The summed E-state index contributed by atoms with van der Waals surface area (Å²) in [5.74, 6) is 0.473. The molecule has 0 bridgehead atoms. The molecule has 0 spiro atoms. The number of hydrogen-bond acceptors (Lipinski definition) is 5. The van der Waals surface area contributed by atoms with Crippen molar-refractivity contribution in [1.29, 1.82) is 0 Å². The van der Waals surface area contributed by atoms with E-state index in [-0.39, 0.29) is 23.6 Å². The van der Waals surface area contributed by atoms with Crippen molar-refractivity contribution in [2.45, 2.75) is 6.92 Å². The lowest BCUT2D eigenvalue weighted by Crippen LogP contribution is -2.51. The Morgan fingerprint density at radius 1 is 1.10 bits per heavy atom. The van der Waals surface area contributed by atoms with Crippen molar-refractivity contribution in [3.05, 3.63) is 0 Å². The number of carbonyl (C=O) groups is 3. The maximum Gasteiger partial charge on any atom is 0.315 e. The van der Waals surface area contributed by atoms with Gasteiger partial charge in [0.15, 0.2) is 5.12 Å². The largest absolute Gasteiger partial charge is 0.339 e. The van der Waals surface area contributed by atoms with Crippen molar-refractivity contribution in [2.75, 3.05) is 52.1 Å². The second-order valence-corrected chi connectivity index (χ2v) is 5.91. The molecule has 2 N–H and O–H groups in total. The molecule has 7 nitrogen and oxygen atoms in total. The maximum atomic E-state index is 11.8. The first-order valence-electron chi connectivity index (χ1n) is 6.60. The number of piperazine rings is 1. The van der Waals surface area contributed by atoms with Crippen LogP contribution in [0.1, 0.15) is 6.92 Å².